The molecule has 156 valence electrons. The highest BCUT2D eigenvalue weighted by Crippen LogP contribution is 2.34. The maximum absolute atomic E-state index is 12.7. The summed E-state index contributed by atoms with van der Waals surface area (Å²) >= 11 is 8.51. The lowest BCUT2D eigenvalue weighted by Gasteiger charge is -2.09. The Bertz CT molecular complexity index is 1270. The zero-order valence-electron chi connectivity index (χ0n) is 16.9. The van der Waals surface area contributed by atoms with Gasteiger partial charge in [-0.25, -0.2) is 4.98 Å². The van der Waals surface area contributed by atoms with Crippen molar-refractivity contribution in [3.63, 3.8) is 0 Å². The third kappa shape index (κ3) is 4.01. The summed E-state index contributed by atoms with van der Waals surface area (Å²) in [4.78, 5) is 22.5. The van der Waals surface area contributed by atoms with Crippen molar-refractivity contribution in [1.29, 1.82) is 0 Å². The van der Waals surface area contributed by atoms with Crippen molar-refractivity contribution in [1.82, 2.24) is 24.7 Å². The minimum absolute atomic E-state index is 0.0335. The van der Waals surface area contributed by atoms with Gasteiger partial charge in [-0.1, -0.05) is 43.8 Å². The van der Waals surface area contributed by atoms with Crippen molar-refractivity contribution < 1.29 is 0 Å². The molecule has 0 atom stereocenters. The number of thiophene rings is 1. The molecule has 0 radical (unpaired) electrons. The first-order valence-corrected chi connectivity index (χ1v) is 12.3. The van der Waals surface area contributed by atoms with Crippen LogP contribution in [0.2, 0.25) is 0 Å². The summed E-state index contributed by atoms with van der Waals surface area (Å²) in [6, 6.07) is 9.87. The van der Waals surface area contributed by atoms with E-state index in [4.69, 9.17) is 17.2 Å². The van der Waals surface area contributed by atoms with Crippen LogP contribution in [-0.2, 0) is 18.6 Å². The molecule has 0 saturated carbocycles. The molecule has 0 spiro atoms. The minimum atomic E-state index is -0.0335. The van der Waals surface area contributed by atoms with Gasteiger partial charge in [0, 0.05) is 10.6 Å². The van der Waals surface area contributed by atoms with Crippen molar-refractivity contribution in [3.05, 3.63) is 61.7 Å². The van der Waals surface area contributed by atoms with E-state index in [0.29, 0.717) is 15.7 Å². The van der Waals surface area contributed by atoms with Crippen LogP contribution in [0.4, 0.5) is 0 Å². The fourth-order valence-electron chi connectivity index (χ4n) is 3.62. The summed E-state index contributed by atoms with van der Waals surface area (Å²) in [6.07, 6.45) is 4.39. The van der Waals surface area contributed by atoms with Gasteiger partial charge in [0.2, 0.25) is 0 Å². The number of H-pyrrole nitrogens is 2. The number of aromatic nitrogens is 5. The third-order valence-corrected chi connectivity index (χ3v) is 7.23. The van der Waals surface area contributed by atoms with Crippen LogP contribution in [0.5, 0.6) is 0 Å². The maximum Gasteiger partial charge on any atom is 0.260 e. The number of hydrogen-bond donors (Lipinski definition) is 2. The zero-order valence-corrected chi connectivity index (χ0v) is 19.3. The van der Waals surface area contributed by atoms with E-state index in [1.54, 1.807) is 11.3 Å². The molecule has 3 aromatic heterocycles. The average molecular weight is 458 g/mol. The number of benzene rings is 1. The number of aryl methyl sites for hydroxylation is 2. The van der Waals surface area contributed by atoms with E-state index in [2.05, 4.69) is 15.2 Å². The summed E-state index contributed by atoms with van der Waals surface area (Å²) in [5, 5.41) is 8.61. The first-order chi connectivity index (χ1) is 14.7. The molecule has 0 saturated heterocycles. The molecule has 5 rings (SSSR count). The molecule has 0 bridgehead atoms. The van der Waals surface area contributed by atoms with Crippen LogP contribution in [0.1, 0.15) is 43.0 Å². The molecular formula is C21H23N5OS3. The summed E-state index contributed by atoms with van der Waals surface area (Å²) < 4.78 is 2.45. The van der Waals surface area contributed by atoms with Crippen molar-refractivity contribution >= 4 is 45.5 Å². The van der Waals surface area contributed by atoms with Gasteiger partial charge in [0.15, 0.2) is 9.93 Å². The molecule has 3 heterocycles. The van der Waals surface area contributed by atoms with E-state index in [0.717, 1.165) is 41.0 Å². The number of fused-ring (bicyclic) bond motifs is 3. The smallest absolute Gasteiger partial charge is 0.260 e. The number of nitrogens with zero attached hydrogens (tertiary/aromatic N) is 3. The third-order valence-electron chi connectivity index (χ3n) is 4.90. The highest BCUT2D eigenvalue weighted by atomic mass is 32.2. The Kier molecular flexibility index (Phi) is 6.50. The Balaban J connectivity index is 0.00000106. The number of thioether (sulfide) groups is 1. The fourth-order valence-corrected chi connectivity index (χ4v) is 5.97. The Morgan fingerprint density at radius 1 is 1.20 bits per heavy atom. The van der Waals surface area contributed by atoms with Gasteiger partial charge < -0.3 is 4.98 Å². The molecule has 0 aliphatic heterocycles. The second kappa shape index (κ2) is 9.28. The van der Waals surface area contributed by atoms with Gasteiger partial charge in [-0.2, -0.15) is 5.10 Å². The molecule has 6 nitrogen and oxygen atoms in total. The van der Waals surface area contributed by atoms with Gasteiger partial charge in [-0.3, -0.25) is 14.5 Å². The lowest BCUT2D eigenvalue weighted by molar-refractivity contribution is 0.700. The number of para-hydroxylation sites is 1. The SMILES string of the molecule is CC.O=c1[nH]c(SCc2n[nH]c(=S)n2-c2ccccc2)nc2sc3c(c12)CCCC3. The average Bonchev–Trinajstić information content (AvgIpc) is 3.34. The van der Waals surface area contributed by atoms with E-state index in [-0.39, 0.29) is 5.56 Å². The van der Waals surface area contributed by atoms with E-state index in [1.165, 1.54) is 28.6 Å². The Morgan fingerprint density at radius 2 is 1.97 bits per heavy atom. The van der Waals surface area contributed by atoms with Crippen LogP contribution < -0.4 is 5.56 Å². The van der Waals surface area contributed by atoms with Crippen LogP contribution in [0.3, 0.4) is 0 Å². The van der Waals surface area contributed by atoms with Gasteiger partial charge in [0.05, 0.1) is 11.1 Å². The predicted molar refractivity (Wildman–Crippen MR) is 127 cm³/mol. The van der Waals surface area contributed by atoms with Gasteiger partial charge in [-0.05, 0) is 55.6 Å². The van der Waals surface area contributed by atoms with Crippen LogP contribution in [-0.4, -0.2) is 24.7 Å². The van der Waals surface area contributed by atoms with Crippen LogP contribution in [0.15, 0.2) is 40.3 Å². The summed E-state index contributed by atoms with van der Waals surface area (Å²) in [7, 11) is 0. The van der Waals surface area contributed by atoms with Gasteiger partial charge in [0.1, 0.15) is 10.7 Å². The molecule has 9 heteroatoms. The van der Waals surface area contributed by atoms with E-state index < -0.39 is 0 Å². The van der Waals surface area contributed by atoms with Gasteiger partial charge >= 0.3 is 0 Å². The zero-order chi connectivity index (χ0) is 21.1. The number of rotatable bonds is 4. The monoisotopic (exact) mass is 457 g/mol. The van der Waals surface area contributed by atoms with Crippen LogP contribution in [0, 0.1) is 4.77 Å². The largest absolute Gasteiger partial charge is 0.301 e. The molecule has 2 N–H and O–H groups in total. The normalized spacial score (nSPS) is 13.0. The highest BCUT2D eigenvalue weighted by molar-refractivity contribution is 7.98. The van der Waals surface area contributed by atoms with Crippen molar-refractivity contribution in [2.75, 3.05) is 0 Å². The quantitative estimate of drug-likeness (QED) is 0.243. The molecule has 0 amide bonds. The molecule has 4 aromatic rings. The molecule has 0 fully saturated rings. The molecule has 30 heavy (non-hydrogen) atoms. The first-order valence-electron chi connectivity index (χ1n) is 10.1. The standard InChI is InChI=1S/C19H17N5OS3.C2H6/c25-16-15-12-8-4-5-9-13(12)28-17(15)21-18(20-16)27-10-14-22-23-19(26)24(14)11-6-2-1-3-7-11;1-2/h1-3,6-7H,4-5,8-10H2,(H,23,26)(H,20,21,25);1-2H3. The molecule has 1 aliphatic carbocycles. The number of hydrogen-bond acceptors (Lipinski definition) is 6. The van der Waals surface area contributed by atoms with Crippen LogP contribution in [0.25, 0.3) is 15.9 Å². The van der Waals surface area contributed by atoms with Crippen LogP contribution >= 0.6 is 35.3 Å². The Labute approximate surface area is 187 Å². The maximum atomic E-state index is 12.7. The predicted octanol–water partition coefficient (Wildman–Crippen LogP) is 5.43. The second-order valence-electron chi connectivity index (χ2n) is 6.67. The van der Waals surface area contributed by atoms with Crippen molar-refractivity contribution in [3.8, 4) is 5.69 Å². The lowest BCUT2D eigenvalue weighted by Crippen LogP contribution is -2.11. The minimum Gasteiger partial charge on any atom is -0.301 e. The fraction of sp³-hybridized carbons (Fsp3) is 0.333. The van der Waals surface area contributed by atoms with E-state index in [9.17, 15) is 4.79 Å². The summed E-state index contributed by atoms with van der Waals surface area (Å²) in [5.41, 5.74) is 2.13. The van der Waals surface area contributed by atoms with Gasteiger partial charge in [-0.15, -0.1) is 11.3 Å². The molecule has 1 aromatic carbocycles. The van der Waals surface area contributed by atoms with Crippen molar-refractivity contribution in [2.45, 2.75) is 50.4 Å². The first kappa shape index (κ1) is 21.0. The molecular weight excluding hydrogens is 434 g/mol. The Morgan fingerprint density at radius 3 is 2.77 bits per heavy atom. The van der Waals surface area contributed by atoms with E-state index >= 15 is 0 Å². The highest BCUT2D eigenvalue weighted by Gasteiger charge is 2.20. The lowest BCUT2D eigenvalue weighted by atomic mass is 9.97. The van der Waals surface area contributed by atoms with Gasteiger partial charge in [0.25, 0.3) is 5.56 Å². The summed E-state index contributed by atoms with van der Waals surface area (Å²) in [5.74, 6) is 1.33. The topological polar surface area (TPSA) is 79.4 Å². The molecule has 1 aliphatic rings. The van der Waals surface area contributed by atoms with E-state index in [1.807, 2.05) is 48.7 Å². The number of aromatic amines is 2. The summed E-state index contributed by atoms with van der Waals surface area (Å²) in [6.45, 7) is 4.00. The number of nitrogens with one attached hydrogen (secondary N) is 2. The Hall–Kier alpha value is -2.23. The second-order valence-corrected chi connectivity index (χ2v) is 9.10. The van der Waals surface area contributed by atoms with Crippen molar-refractivity contribution in [2.24, 2.45) is 0 Å². The molecule has 0 unspecified atom stereocenters.